The third kappa shape index (κ3) is 4.06. The highest BCUT2D eigenvalue weighted by molar-refractivity contribution is 14.1. The van der Waals surface area contributed by atoms with Crippen molar-refractivity contribution in [1.82, 2.24) is 4.90 Å². The largest absolute Gasteiger partial charge is 0.300 e. The molecule has 1 rings (SSSR count). The fraction of sp³-hybridized carbons (Fsp3) is 0.571. The van der Waals surface area contributed by atoms with Gasteiger partial charge in [-0.3, -0.25) is 4.90 Å². The number of benzene rings is 1. The molecule has 90 valence electrons. The van der Waals surface area contributed by atoms with Crippen molar-refractivity contribution in [2.75, 3.05) is 17.5 Å². The Hall–Kier alpha value is -0.0900. The molecule has 1 aromatic carbocycles. The topological polar surface area (TPSA) is 3.24 Å². The molecular formula is C14H22IN. The van der Waals surface area contributed by atoms with E-state index in [4.69, 9.17) is 0 Å². The second-order valence-electron chi connectivity index (χ2n) is 4.16. The fourth-order valence-electron chi connectivity index (χ4n) is 1.85. The van der Waals surface area contributed by atoms with Crippen LogP contribution in [0.2, 0.25) is 0 Å². The highest BCUT2D eigenvalue weighted by Gasteiger charge is 2.05. The lowest BCUT2D eigenvalue weighted by molar-refractivity contribution is 0.295. The van der Waals surface area contributed by atoms with E-state index in [9.17, 15) is 0 Å². The lowest BCUT2D eigenvalue weighted by atomic mass is 10.0. The van der Waals surface area contributed by atoms with E-state index in [1.807, 2.05) is 0 Å². The third-order valence-electron chi connectivity index (χ3n) is 3.09. The molecule has 0 radical (unpaired) electrons. The molecule has 0 aromatic heterocycles. The van der Waals surface area contributed by atoms with Gasteiger partial charge in [-0.25, -0.2) is 0 Å². The summed E-state index contributed by atoms with van der Waals surface area (Å²) in [6, 6.07) is 6.91. The lowest BCUT2D eigenvalue weighted by Crippen LogP contribution is -2.22. The normalized spacial score (nSPS) is 11.1. The molecule has 0 aliphatic rings. The molecule has 1 aromatic rings. The quantitative estimate of drug-likeness (QED) is 0.566. The SMILES string of the molecule is CCN(CC)Cc1cc(CCI)ccc1C. The molecule has 0 fully saturated rings. The van der Waals surface area contributed by atoms with E-state index in [0.717, 1.165) is 19.6 Å². The van der Waals surface area contributed by atoms with Crippen molar-refractivity contribution in [3.63, 3.8) is 0 Å². The summed E-state index contributed by atoms with van der Waals surface area (Å²) in [6.07, 6.45) is 1.19. The predicted molar refractivity (Wildman–Crippen MR) is 80.4 cm³/mol. The van der Waals surface area contributed by atoms with E-state index in [-0.39, 0.29) is 0 Å². The zero-order chi connectivity index (χ0) is 12.0. The molecule has 2 heteroatoms. The van der Waals surface area contributed by atoms with Crippen LogP contribution in [0, 0.1) is 6.92 Å². The van der Waals surface area contributed by atoms with Crippen molar-refractivity contribution in [2.24, 2.45) is 0 Å². The highest BCUT2D eigenvalue weighted by atomic mass is 127. The Labute approximate surface area is 113 Å². The van der Waals surface area contributed by atoms with Gasteiger partial charge in [0.2, 0.25) is 0 Å². The van der Waals surface area contributed by atoms with Gasteiger partial charge < -0.3 is 0 Å². The summed E-state index contributed by atoms with van der Waals surface area (Å²) in [5.74, 6) is 0. The maximum atomic E-state index is 2.47. The van der Waals surface area contributed by atoms with Crippen LogP contribution in [-0.2, 0) is 13.0 Å². The van der Waals surface area contributed by atoms with Crippen LogP contribution in [-0.4, -0.2) is 22.4 Å². The van der Waals surface area contributed by atoms with Crippen molar-refractivity contribution in [2.45, 2.75) is 33.7 Å². The molecule has 0 heterocycles. The van der Waals surface area contributed by atoms with Crippen LogP contribution in [0.5, 0.6) is 0 Å². The Bertz CT molecular complexity index is 319. The second kappa shape index (κ2) is 7.28. The molecule has 0 saturated carbocycles. The van der Waals surface area contributed by atoms with Crippen LogP contribution < -0.4 is 0 Å². The number of alkyl halides is 1. The zero-order valence-corrected chi connectivity index (χ0v) is 12.8. The van der Waals surface area contributed by atoms with E-state index in [0.29, 0.717) is 0 Å². The van der Waals surface area contributed by atoms with Gasteiger partial charge >= 0.3 is 0 Å². The second-order valence-corrected chi connectivity index (χ2v) is 5.24. The first-order valence-electron chi connectivity index (χ1n) is 6.08. The number of nitrogens with zero attached hydrogens (tertiary/aromatic N) is 1. The maximum absolute atomic E-state index is 2.47. The Morgan fingerprint density at radius 1 is 1.19 bits per heavy atom. The van der Waals surface area contributed by atoms with Crippen LogP contribution in [0.4, 0.5) is 0 Å². The number of hydrogen-bond donors (Lipinski definition) is 0. The predicted octanol–water partition coefficient (Wildman–Crippen LogP) is 3.81. The van der Waals surface area contributed by atoms with E-state index in [1.165, 1.54) is 27.5 Å². The van der Waals surface area contributed by atoms with Gasteiger partial charge in [-0.15, -0.1) is 0 Å². The first-order chi connectivity index (χ1) is 7.71. The Balaban J connectivity index is 2.80. The smallest absolute Gasteiger partial charge is 0.0236 e. The average molecular weight is 331 g/mol. The van der Waals surface area contributed by atoms with E-state index in [1.54, 1.807) is 0 Å². The summed E-state index contributed by atoms with van der Waals surface area (Å²) in [5.41, 5.74) is 4.39. The summed E-state index contributed by atoms with van der Waals surface area (Å²) < 4.78 is 1.20. The van der Waals surface area contributed by atoms with Crippen molar-refractivity contribution in [3.05, 3.63) is 34.9 Å². The number of rotatable bonds is 6. The summed E-state index contributed by atoms with van der Waals surface area (Å²) in [7, 11) is 0. The van der Waals surface area contributed by atoms with Gasteiger partial charge in [0.25, 0.3) is 0 Å². The molecule has 1 nitrogen and oxygen atoms in total. The minimum atomic E-state index is 1.09. The van der Waals surface area contributed by atoms with Crippen molar-refractivity contribution < 1.29 is 0 Å². The van der Waals surface area contributed by atoms with Crippen molar-refractivity contribution >= 4 is 22.6 Å². The summed E-state index contributed by atoms with van der Waals surface area (Å²) >= 11 is 2.44. The van der Waals surface area contributed by atoms with E-state index in [2.05, 4.69) is 66.5 Å². The highest BCUT2D eigenvalue weighted by Crippen LogP contribution is 2.14. The van der Waals surface area contributed by atoms with Crippen LogP contribution in [0.15, 0.2) is 18.2 Å². The van der Waals surface area contributed by atoms with Gasteiger partial charge in [0.05, 0.1) is 0 Å². The monoisotopic (exact) mass is 331 g/mol. The van der Waals surface area contributed by atoms with Crippen LogP contribution in [0.25, 0.3) is 0 Å². The van der Waals surface area contributed by atoms with Gasteiger partial charge in [-0.05, 0) is 43.1 Å². The molecule has 0 amide bonds. The van der Waals surface area contributed by atoms with Crippen molar-refractivity contribution in [3.8, 4) is 0 Å². The molecule has 0 saturated heterocycles. The zero-order valence-electron chi connectivity index (χ0n) is 10.6. The summed E-state index contributed by atoms with van der Waals surface area (Å²) in [5, 5.41) is 0. The molecule has 16 heavy (non-hydrogen) atoms. The molecule has 0 unspecified atom stereocenters. The Morgan fingerprint density at radius 2 is 1.88 bits per heavy atom. The van der Waals surface area contributed by atoms with Crippen LogP contribution >= 0.6 is 22.6 Å². The maximum Gasteiger partial charge on any atom is 0.0236 e. The van der Waals surface area contributed by atoms with E-state index < -0.39 is 0 Å². The summed E-state index contributed by atoms with van der Waals surface area (Å²) in [6.45, 7) is 10.0. The molecule has 0 spiro atoms. The molecule has 0 bridgehead atoms. The number of halogens is 1. The van der Waals surface area contributed by atoms with Gasteiger partial charge in [0, 0.05) is 11.0 Å². The van der Waals surface area contributed by atoms with Gasteiger partial charge in [-0.2, -0.15) is 0 Å². The minimum absolute atomic E-state index is 1.09. The van der Waals surface area contributed by atoms with Gasteiger partial charge in [-0.1, -0.05) is 54.6 Å². The Kier molecular flexibility index (Phi) is 6.36. The van der Waals surface area contributed by atoms with Gasteiger partial charge in [0.1, 0.15) is 0 Å². The third-order valence-corrected chi connectivity index (χ3v) is 3.62. The average Bonchev–Trinajstić information content (AvgIpc) is 2.30. The van der Waals surface area contributed by atoms with E-state index >= 15 is 0 Å². The van der Waals surface area contributed by atoms with Crippen molar-refractivity contribution in [1.29, 1.82) is 0 Å². The molecule has 0 aliphatic carbocycles. The molecule has 0 aliphatic heterocycles. The molecular weight excluding hydrogens is 309 g/mol. The molecule has 0 N–H and O–H groups in total. The van der Waals surface area contributed by atoms with Crippen LogP contribution in [0.1, 0.15) is 30.5 Å². The van der Waals surface area contributed by atoms with Gasteiger partial charge in [0.15, 0.2) is 0 Å². The fourth-order valence-corrected chi connectivity index (χ4v) is 2.47. The van der Waals surface area contributed by atoms with Crippen LogP contribution in [0.3, 0.4) is 0 Å². The first kappa shape index (κ1) is 14.0. The summed E-state index contributed by atoms with van der Waals surface area (Å²) in [4.78, 5) is 2.47. The minimum Gasteiger partial charge on any atom is -0.300 e. The first-order valence-corrected chi connectivity index (χ1v) is 7.60. The standard InChI is InChI=1S/C14H22IN/c1-4-16(5-2)11-14-10-13(8-9-15)7-6-12(14)3/h6-7,10H,4-5,8-9,11H2,1-3H3. The number of hydrogen-bond acceptors (Lipinski definition) is 1. The lowest BCUT2D eigenvalue weighted by Gasteiger charge is -2.19. The number of aryl methyl sites for hydroxylation is 2. The Morgan fingerprint density at radius 3 is 2.44 bits per heavy atom. The molecule has 0 atom stereocenters.